The van der Waals surface area contributed by atoms with E-state index in [4.69, 9.17) is 0 Å². The molecule has 0 N–H and O–H groups in total. The van der Waals surface area contributed by atoms with Gasteiger partial charge in [-0.2, -0.15) is 0 Å². The fourth-order valence-electron chi connectivity index (χ4n) is 1.02. The maximum absolute atomic E-state index is 10.9. The van der Waals surface area contributed by atoms with Crippen LogP contribution in [0.15, 0.2) is 17.9 Å². The Balaban J connectivity index is 0.00000256. The summed E-state index contributed by atoms with van der Waals surface area (Å²) in [4.78, 5) is 21.7. The van der Waals surface area contributed by atoms with Crippen LogP contribution in [-0.4, -0.2) is 11.9 Å². The molecule has 0 bridgehead atoms. The van der Waals surface area contributed by atoms with E-state index in [1.54, 1.807) is 0 Å². The summed E-state index contributed by atoms with van der Waals surface area (Å²) in [6, 6.07) is 0. The predicted octanol–water partition coefficient (Wildman–Crippen LogP) is 1.46. The number of aromatic carboxylic acids is 2. The van der Waals surface area contributed by atoms with E-state index in [1.165, 1.54) is 0 Å². The molecule has 0 aliphatic rings. The second kappa shape index (κ2) is 6.66. The van der Waals surface area contributed by atoms with E-state index in [9.17, 15) is 19.8 Å². The molecule has 0 saturated carbocycles. The Morgan fingerprint density at radius 2 is 0.941 bits per heavy atom. The number of carboxylic acid groups (broad SMARTS) is 2. The smallest absolute Gasteiger partial charge is 0.545 e. The minimum atomic E-state index is -1.61. The molecular weight excluding hydrogens is 538 g/mol. The van der Waals surface area contributed by atoms with Crippen LogP contribution in [0.2, 0.25) is 0 Å². The fraction of sp³-hybridized carbons (Fsp3) is 0. The molecule has 0 aliphatic carbocycles. The van der Waals surface area contributed by atoms with Gasteiger partial charge in [-0.15, -0.1) is 0 Å². The maximum atomic E-state index is 10.9. The molecule has 0 unspecified atom stereocenters. The van der Waals surface area contributed by atoms with Crippen LogP contribution in [-0.2, 0) is 16.5 Å². The monoisotopic (exact) mass is 534 g/mol. The first-order valence-electron chi connectivity index (χ1n) is 3.57. The molecule has 0 heterocycles. The molecule has 0 saturated heterocycles. The van der Waals surface area contributed by atoms with Gasteiger partial charge in [0.25, 0.3) is 0 Å². The summed E-state index contributed by atoms with van der Waals surface area (Å²) < 4.78 is 0.871. The molecular formula is C8Br4NiO4. The van der Waals surface area contributed by atoms with E-state index in [0.29, 0.717) is 8.95 Å². The summed E-state index contributed by atoms with van der Waals surface area (Å²) in [5.74, 6) is -3.22. The molecule has 0 spiro atoms. The fourth-order valence-corrected chi connectivity index (χ4v) is 3.46. The van der Waals surface area contributed by atoms with Crippen LogP contribution in [0.1, 0.15) is 20.7 Å². The largest absolute Gasteiger partial charge is 2.00 e. The number of benzene rings is 1. The van der Waals surface area contributed by atoms with Crippen LogP contribution in [0.3, 0.4) is 0 Å². The zero-order chi connectivity index (χ0) is 12.6. The molecule has 9 heteroatoms. The second-order valence-corrected chi connectivity index (χ2v) is 5.75. The van der Waals surface area contributed by atoms with Gasteiger partial charge in [0.05, 0.1) is 11.9 Å². The maximum Gasteiger partial charge on any atom is 2.00 e. The first-order chi connectivity index (χ1) is 7.29. The van der Waals surface area contributed by atoms with Gasteiger partial charge in [-0.05, 0) is 63.7 Å². The van der Waals surface area contributed by atoms with Crippen molar-refractivity contribution in [3.05, 3.63) is 29.0 Å². The van der Waals surface area contributed by atoms with Gasteiger partial charge in [0.15, 0.2) is 0 Å². The minimum Gasteiger partial charge on any atom is -0.545 e. The number of carboxylic acids is 2. The third-order valence-electron chi connectivity index (χ3n) is 1.68. The zero-order valence-electron chi connectivity index (χ0n) is 7.46. The molecule has 0 amide bonds. The Bertz CT molecular complexity index is 458. The Kier molecular flexibility index (Phi) is 6.88. The van der Waals surface area contributed by atoms with E-state index in [2.05, 4.69) is 63.7 Å². The number of rotatable bonds is 2. The number of halogens is 4. The summed E-state index contributed by atoms with van der Waals surface area (Å²) in [5.41, 5.74) is -0.969. The van der Waals surface area contributed by atoms with Crippen LogP contribution >= 0.6 is 63.7 Å². The minimum absolute atomic E-state index is 0. The first kappa shape index (κ1) is 17.6. The Morgan fingerprint density at radius 1 is 0.706 bits per heavy atom. The Hall–Kier alpha value is 0.574. The van der Waals surface area contributed by atoms with Gasteiger partial charge in [-0.25, -0.2) is 0 Å². The number of hydrogen-bond acceptors (Lipinski definition) is 4. The Labute approximate surface area is 140 Å². The standard InChI is InChI=1S/C8H2Br4O4.Ni/c9-3-1(7(13)14)2(8(15)16)4(10)6(12)5(3)11;/h(H,13,14)(H,15,16);/q;+2/p-2. The Morgan fingerprint density at radius 3 is 1.12 bits per heavy atom. The molecule has 0 fully saturated rings. The molecule has 94 valence electrons. The van der Waals surface area contributed by atoms with Crippen molar-refractivity contribution in [1.29, 1.82) is 0 Å². The summed E-state index contributed by atoms with van der Waals surface area (Å²) in [6.07, 6.45) is 0. The van der Waals surface area contributed by atoms with E-state index in [-0.39, 0.29) is 25.4 Å². The van der Waals surface area contributed by atoms with Gasteiger partial charge in [0.1, 0.15) is 0 Å². The predicted molar refractivity (Wildman–Crippen MR) is 65.9 cm³/mol. The molecule has 0 aromatic heterocycles. The molecule has 0 radical (unpaired) electrons. The van der Waals surface area contributed by atoms with Gasteiger partial charge < -0.3 is 19.8 Å². The average molecular weight is 538 g/mol. The van der Waals surface area contributed by atoms with Crippen molar-refractivity contribution in [2.24, 2.45) is 0 Å². The third kappa shape index (κ3) is 3.32. The number of hydrogen-bond donors (Lipinski definition) is 0. The van der Waals surface area contributed by atoms with Crippen molar-refractivity contribution in [3.8, 4) is 0 Å². The van der Waals surface area contributed by atoms with E-state index >= 15 is 0 Å². The van der Waals surface area contributed by atoms with Crippen LogP contribution < -0.4 is 10.2 Å². The SMILES string of the molecule is O=C([O-])c1c(Br)c(Br)c(Br)c(Br)c1C(=O)[O-].[Ni+2]. The quantitative estimate of drug-likeness (QED) is 0.325. The van der Waals surface area contributed by atoms with Crippen LogP contribution in [0.5, 0.6) is 0 Å². The second-order valence-electron chi connectivity index (χ2n) is 2.58. The van der Waals surface area contributed by atoms with Crippen molar-refractivity contribution in [3.63, 3.8) is 0 Å². The number of carbonyl (C=O) groups is 2. The summed E-state index contributed by atoms with van der Waals surface area (Å²) >= 11 is 12.2. The summed E-state index contributed by atoms with van der Waals surface area (Å²) in [7, 11) is 0. The number of carbonyl (C=O) groups excluding carboxylic acids is 2. The summed E-state index contributed by atoms with van der Waals surface area (Å²) in [5, 5.41) is 21.7. The topological polar surface area (TPSA) is 80.3 Å². The van der Waals surface area contributed by atoms with Crippen molar-refractivity contribution in [2.75, 3.05) is 0 Å². The van der Waals surface area contributed by atoms with Crippen molar-refractivity contribution in [2.45, 2.75) is 0 Å². The van der Waals surface area contributed by atoms with Gasteiger partial charge >= 0.3 is 16.5 Å². The third-order valence-corrected chi connectivity index (χ3v) is 6.44. The van der Waals surface area contributed by atoms with Crippen molar-refractivity contribution in [1.82, 2.24) is 0 Å². The van der Waals surface area contributed by atoms with Crippen LogP contribution in [0.4, 0.5) is 0 Å². The van der Waals surface area contributed by atoms with E-state index < -0.39 is 23.1 Å². The van der Waals surface area contributed by atoms with Gasteiger partial charge in [-0.3, -0.25) is 0 Å². The van der Waals surface area contributed by atoms with Crippen LogP contribution in [0, 0.1) is 0 Å². The average Bonchev–Trinajstić information content (AvgIpc) is 2.18. The van der Waals surface area contributed by atoms with E-state index in [1.807, 2.05) is 0 Å². The van der Waals surface area contributed by atoms with Gasteiger partial charge in [-0.1, -0.05) is 0 Å². The first-order valence-corrected chi connectivity index (χ1v) is 6.74. The zero-order valence-corrected chi connectivity index (χ0v) is 14.8. The van der Waals surface area contributed by atoms with E-state index in [0.717, 1.165) is 0 Å². The molecule has 17 heavy (non-hydrogen) atoms. The molecule has 1 aromatic rings. The normalized spacial score (nSPS) is 9.65. The van der Waals surface area contributed by atoms with Crippen molar-refractivity contribution >= 4 is 75.7 Å². The molecule has 1 rings (SSSR count). The van der Waals surface area contributed by atoms with Gasteiger partial charge in [0, 0.05) is 29.0 Å². The molecule has 4 nitrogen and oxygen atoms in total. The molecule has 0 aliphatic heterocycles. The van der Waals surface area contributed by atoms with Crippen LogP contribution in [0.25, 0.3) is 0 Å². The van der Waals surface area contributed by atoms with Gasteiger partial charge in [0.2, 0.25) is 0 Å². The van der Waals surface area contributed by atoms with Crippen molar-refractivity contribution < 1.29 is 36.3 Å². The molecule has 0 atom stereocenters. The molecule has 1 aromatic carbocycles. The summed E-state index contributed by atoms with van der Waals surface area (Å²) in [6.45, 7) is 0.